The van der Waals surface area contributed by atoms with E-state index in [1.807, 2.05) is 0 Å². The molecule has 2 aromatic carbocycles. The Morgan fingerprint density at radius 2 is 1.73 bits per heavy atom. The van der Waals surface area contributed by atoms with Crippen LogP contribution < -0.4 is 10.2 Å². The van der Waals surface area contributed by atoms with Gasteiger partial charge in [0.25, 0.3) is 5.91 Å². The molecule has 16 heteroatoms. The minimum Gasteiger partial charge on any atom is -0.349 e. The summed E-state index contributed by atoms with van der Waals surface area (Å²) in [5.41, 5.74) is -5.60. The summed E-state index contributed by atoms with van der Waals surface area (Å²) in [6.07, 6.45) is 0.964. The number of thiophene rings is 1. The van der Waals surface area contributed by atoms with Gasteiger partial charge in [0.1, 0.15) is 12.1 Å². The molecule has 2 heterocycles. The molecule has 4 amide bonds. The second kappa shape index (κ2) is 14.2. The van der Waals surface area contributed by atoms with E-state index in [4.69, 9.17) is 21.4 Å². The summed E-state index contributed by atoms with van der Waals surface area (Å²) in [4.78, 5) is 76.9. The summed E-state index contributed by atoms with van der Waals surface area (Å²) in [6, 6.07) is 9.04. The third-order valence-electron chi connectivity index (χ3n) is 8.11. The highest BCUT2D eigenvalue weighted by Gasteiger charge is 2.50. The first kappa shape index (κ1) is 37.4. The normalized spacial score (nSPS) is 16.1. The Hall–Kier alpha value is -3.42. The summed E-state index contributed by atoms with van der Waals surface area (Å²) in [5.74, 6) is -1.68. The van der Waals surface area contributed by atoms with E-state index in [0.717, 1.165) is 23.5 Å². The predicted molar refractivity (Wildman–Crippen MR) is 180 cm³/mol. The van der Waals surface area contributed by atoms with Gasteiger partial charge in [-0.05, 0) is 66.1 Å². The number of benzene rings is 2. The van der Waals surface area contributed by atoms with Crippen LogP contribution in [0.25, 0.3) is 10.1 Å². The molecule has 11 nitrogen and oxygen atoms in total. The van der Waals surface area contributed by atoms with Gasteiger partial charge in [-0.1, -0.05) is 38.4 Å². The van der Waals surface area contributed by atoms with E-state index in [0.29, 0.717) is 28.3 Å². The van der Waals surface area contributed by atoms with E-state index in [-0.39, 0.29) is 41.6 Å². The van der Waals surface area contributed by atoms with Crippen molar-refractivity contribution >= 4 is 69.9 Å². The average molecular weight is 727 g/mol. The van der Waals surface area contributed by atoms with E-state index in [9.17, 15) is 32.5 Å². The minimum atomic E-state index is -5.79. The molecule has 0 radical (unpaired) electrons. The van der Waals surface area contributed by atoms with E-state index in [1.165, 1.54) is 26.8 Å². The number of nitrogens with one attached hydrogen (secondary N) is 1. The topological polar surface area (TPSA) is 148 Å². The lowest BCUT2D eigenvalue weighted by Crippen LogP contribution is -2.58. The zero-order valence-corrected chi connectivity index (χ0v) is 29.5. The molecule has 48 heavy (non-hydrogen) atoms. The fraction of sp³-hybridized carbons (Fsp3) is 0.438. The van der Waals surface area contributed by atoms with E-state index in [1.54, 1.807) is 59.1 Å². The van der Waals surface area contributed by atoms with Gasteiger partial charge in [-0.15, -0.1) is 11.3 Å². The van der Waals surface area contributed by atoms with Gasteiger partial charge in [-0.25, -0.2) is 0 Å². The SMILES string of the molecule is CN(C)C(=O)CCN(C(=O)C1CCCN1C(=O)C(NC(=O)c1cc2cc(C(F)(F)P(=O)(O)O)ccc2s1)C(C)(C)C)c1ccc(Cl)cc1. The number of carbonyl (C=O) groups is 4. The quantitative estimate of drug-likeness (QED) is 0.236. The Morgan fingerprint density at radius 3 is 2.31 bits per heavy atom. The van der Waals surface area contributed by atoms with Gasteiger partial charge in [0.05, 0.1) is 4.88 Å². The molecule has 1 aliphatic heterocycles. The highest BCUT2D eigenvalue weighted by Crippen LogP contribution is 2.59. The maximum absolute atomic E-state index is 14.3. The number of rotatable bonds is 10. The van der Waals surface area contributed by atoms with Crippen LogP contribution >= 0.6 is 30.5 Å². The van der Waals surface area contributed by atoms with Crippen molar-refractivity contribution in [2.24, 2.45) is 5.41 Å². The van der Waals surface area contributed by atoms with Gasteiger partial charge in [-0.3, -0.25) is 23.7 Å². The first-order valence-electron chi connectivity index (χ1n) is 15.1. The monoisotopic (exact) mass is 726 g/mol. The fourth-order valence-electron chi connectivity index (χ4n) is 5.41. The summed E-state index contributed by atoms with van der Waals surface area (Å²) in [6.45, 7) is 5.62. The van der Waals surface area contributed by atoms with Crippen molar-refractivity contribution in [2.45, 2.75) is 57.8 Å². The van der Waals surface area contributed by atoms with E-state index < -0.39 is 48.1 Å². The molecule has 0 bridgehead atoms. The van der Waals surface area contributed by atoms with Crippen LogP contribution in [-0.2, 0) is 24.6 Å². The number of fused-ring (bicyclic) bond motifs is 1. The molecule has 1 aromatic heterocycles. The largest absolute Gasteiger partial charge is 0.399 e. The zero-order valence-electron chi connectivity index (χ0n) is 27.1. The number of hydrogen-bond acceptors (Lipinski definition) is 6. The molecular formula is C32H38ClF2N4O7PS. The molecule has 0 spiro atoms. The Balaban J connectivity index is 1.59. The van der Waals surface area contributed by atoms with Crippen molar-refractivity contribution in [3.05, 3.63) is 64.0 Å². The maximum atomic E-state index is 14.3. The lowest BCUT2D eigenvalue weighted by molar-refractivity contribution is -0.141. The van der Waals surface area contributed by atoms with Gasteiger partial charge in [-0.2, -0.15) is 8.78 Å². The van der Waals surface area contributed by atoms with Crippen LogP contribution in [0.15, 0.2) is 48.5 Å². The first-order chi connectivity index (χ1) is 22.2. The molecular weight excluding hydrogens is 689 g/mol. The molecule has 2 unspecified atom stereocenters. The Kier molecular flexibility index (Phi) is 11.1. The van der Waals surface area contributed by atoms with Gasteiger partial charge in [0.15, 0.2) is 0 Å². The lowest BCUT2D eigenvalue weighted by Gasteiger charge is -2.36. The fourth-order valence-corrected chi connectivity index (χ4v) is 6.96. The van der Waals surface area contributed by atoms with Crippen LogP contribution in [0, 0.1) is 5.41 Å². The van der Waals surface area contributed by atoms with Crippen molar-refractivity contribution in [1.29, 1.82) is 0 Å². The van der Waals surface area contributed by atoms with Crippen LogP contribution in [0.5, 0.6) is 0 Å². The number of halogens is 3. The van der Waals surface area contributed by atoms with Gasteiger partial charge in [0.2, 0.25) is 17.7 Å². The van der Waals surface area contributed by atoms with Gasteiger partial charge >= 0.3 is 13.3 Å². The number of carbonyl (C=O) groups excluding carboxylic acids is 4. The third kappa shape index (κ3) is 8.06. The summed E-state index contributed by atoms with van der Waals surface area (Å²) in [7, 11) is -2.55. The van der Waals surface area contributed by atoms with Crippen LogP contribution in [0.3, 0.4) is 0 Å². The van der Waals surface area contributed by atoms with E-state index >= 15 is 0 Å². The zero-order chi connectivity index (χ0) is 35.8. The molecule has 1 aliphatic rings. The maximum Gasteiger partial charge on any atom is 0.399 e. The molecule has 260 valence electrons. The Morgan fingerprint density at radius 1 is 1.08 bits per heavy atom. The predicted octanol–water partition coefficient (Wildman–Crippen LogP) is 5.43. The highest BCUT2D eigenvalue weighted by atomic mass is 35.5. The lowest BCUT2D eigenvalue weighted by atomic mass is 9.85. The third-order valence-corrected chi connectivity index (χ3v) is 10.5. The van der Waals surface area contributed by atoms with Crippen LogP contribution in [0.1, 0.15) is 55.3 Å². The van der Waals surface area contributed by atoms with Gasteiger partial charge in [0, 0.05) is 54.6 Å². The number of anilines is 1. The molecule has 3 aromatic rings. The van der Waals surface area contributed by atoms with E-state index in [2.05, 4.69) is 5.32 Å². The second-order valence-corrected chi connectivity index (χ2v) is 16.1. The summed E-state index contributed by atoms with van der Waals surface area (Å²) < 4.78 is 40.4. The number of likely N-dealkylation sites (tertiary alicyclic amines) is 1. The van der Waals surface area contributed by atoms with Crippen molar-refractivity contribution in [3.63, 3.8) is 0 Å². The van der Waals surface area contributed by atoms with Crippen LogP contribution in [0.4, 0.5) is 14.5 Å². The molecule has 1 fully saturated rings. The standard InChI is InChI=1S/C32H38ClF2N4O7PS/c1-31(2,3)27(36-28(41)25-18-19-17-20(8-13-24(19)48-25)32(34,35)47(44,45)46)30(43)39-15-6-7-23(39)29(42)38(16-14-26(40)37(4)5)22-11-9-21(33)10-12-22/h8-13,17-18,23,27H,6-7,14-16H2,1-5H3,(H,36,41)(H2,44,45,46). The van der Waals surface area contributed by atoms with Crippen LogP contribution in [-0.4, -0.2) is 82.5 Å². The van der Waals surface area contributed by atoms with Crippen LogP contribution in [0.2, 0.25) is 5.02 Å². The number of alkyl halides is 2. The van der Waals surface area contributed by atoms with Crippen molar-refractivity contribution in [3.8, 4) is 0 Å². The van der Waals surface area contributed by atoms with Crippen molar-refractivity contribution < 1.29 is 42.3 Å². The van der Waals surface area contributed by atoms with Gasteiger partial charge < -0.3 is 29.8 Å². The highest BCUT2D eigenvalue weighted by molar-refractivity contribution is 7.52. The Bertz CT molecular complexity index is 1760. The first-order valence-corrected chi connectivity index (χ1v) is 17.9. The molecule has 3 N–H and O–H groups in total. The molecule has 0 aliphatic carbocycles. The second-order valence-electron chi connectivity index (χ2n) is 12.9. The molecule has 1 saturated heterocycles. The Labute approximate surface area is 286 Å². The van der Waals surface area contributed by atoms with Crippen molar-refractivity contribution in [1.82, 2.24) is 15.1 Å². The average Bonchev–Trinajstić information content (AvgIpc) is 3.66. The summed E-state index contributed by atoms with van der Waals surface area (Å²) in [5, 5.41) is 3.42. The smallest absolute Gasteiger partial charge is 0.349 e. The summed E-state index contributed by atoms with van der Waals surface area (Å²) >= 11 is 7.04. The molecule has 0 saturated carbocycles. The molecule has 4 rings (SSSR count). The number of amides is 4. The number of nitrogens with zero attached hydrogens (tertiary/aromatic N) is 3. The number of hydrogen-bond donors (Lipinski definition) is 3. The van der Waals surface area contributed by atoms with Crippen molar-refractivity contribution in [2.75, 3.05) is 32.1 Å². The molecule has 2 atom stereocenters. The minimum absolute atomic E-state index is 0.0519.